The van der Waals surface area contributed by atoms with Crippen molar-refractivity contribution in [3.05, 3.63) is 29.5 Å². The van der Waals surface area contributed by atoms with Gasteiger partial charge in [0.2, 0.25) is 0 Å². The van der Waals surface area contributed by atoms with Crippen molar-refractivity contribution in [1.82, 2.24) is 4.57 Å². The number of esters is 2. The molecule has 8 nitrogen and oxygen atoms in total. The lowest BCUT2D eigenvalue weighted by molar-refractivity contribution is 0.0455. The van der Waals surface area contributed by atoms with Crippen LogP contribution in [0.4, 0.5) is 10.5 Å². The molecule has 1 aromatic heterocycles. The van der Waals surface area contributed by atoms with Gasteiger partial charge >= 0.3 is 18.0 Å². The Kier molecular flexibility index (Phi) is 5.25. The Labute approximate surface area is 150 Å². The zero-order chi connectivity index (χ0) is 19.6. The van der Waals surface area contributed by atoms with E-state index in [1.54, 1.807) is 27.7 Å². The number of hydrogen-bond donors (Lipinski definition) is 1. The molecule has 2 N–H and O–H groups in total. The number of hydrogen-bond acceptors (Lipinski definition) is 7. The summed E-state index contributed by atoms with van der Waals surface area (Å²) >= 11 is 0. The maximum absolute atomic E-state index is 12.7. The van der Waals surface area contributed by atoms with Gasteiger partial charge in [-0.3, -0.25) is 0 Å². The van der Waals surface area contributed by atoms with Crippen LogP contribution in [-0.2, 0) is 14.2 Å². The first kappa shape index (κ1) is 19.3. The van der Waals surface area contributed by atoms with Gasteiger partial charge in [-0.05, 0) is 45.9 Å². The highest BCUT2D eigenvalue weighted by Crippen LogP contribution is 2.31. The molecule has 0 aliphatic heterocycles. The highest BCUT2D eigenvalue weighted by Gasteiger charge is 2.29. The third kappa shape index (κ3) is 3.63. The number of ether oxygens (including phenoxy) is 3. The molecule has 0 bridgehead atoms. The molecule has 0 aliphatic rings. The summed E-state index contributed by atoms with van der Waals surface area (Å²) in [7, 11) is 1.26. The minimum absolute atomic E-state index is 0.0232. The monoisotopic (exact) mass is 362 g/mol. The number of benzene rings is 1. The molecule has 0 saturated carbocycles. The molecule has 140 valence electrons. The van der Waals surface area contributed by atoms with Crippen molar-refractivity contribution in [2.75, 3.05) is 19.5 Å². The van der Waals surface area contributed by atoms with E-state index in [-0.39, 0.29) is 23.6 Å². The molecule has 0 saturated heterocycles. The van der Waals surface area contributed by atoms with Gasteiger partial charge in [0, 0.05) is 5.39 Å². The minimum Gasteiger partial charge on any atom is -0.465 e. The highest BCUT2D eigenvalue weighted by molar-refractivity contribution is 6.11. The van der Waals surface area contributed by atoms with Crippen molar-refractivity contribution in [3.8, 4) is 0 Å². The maximum Gasteiger partial charge on any atom is 0.419 e. The van der Waals surface area contributed by atoms with Crippen LogP contribution in [0.3, 0.4) is 0 Å². The number of rotatable bonds is 3. The van der Waals surface area contributed by atoms with Crippen LogP contribution in [0.25, 0.3) is 10.9 Å². The molecule has 1 heterocycles. The average molecular weight is 362 g/mol. The zero-order valence-electron chi connectivity index (χ0n) is 15.4. The van der Waals surface area contributed by atoms with Crippen molar-refractivity contribution in [3.63, 3.8) is 0 Å². The number of carbonyl (C=O) groups is 3. The summed E-state index contributed by atoms with van der Waals surface area (Å²) in [5.74, 6) is -1.32. The number of fused-ring (bicyclic) bond motifs is 1. The fraction of sp³-hybridized carbons (Fsp3) is 0.389. The normalized spacial score (nSPS) is 11.3. The standard InChI is InChI=1S/C18H22N2O6/c1-6-25-16(22)14-13(19)11-9-10(15(21)24-5)7-8-12(11)20(14)17(23)26-18(2,3)4/h7-9H,6,19H2,1-5H3. The summed E-state index contributed by atoms with van der Waals surface area (Å²) < 4.78 is 16.2. The van der Waals surface area contributed by atoms with Crippen LogP contribution in [0.2, 0.25) is 0 Å². The van der Waals surface area contributed by atoms with Gasteiger partial charge in [-0.25, -0.2) is 19.0 Å². The number of nitrogen functional groups attached to an aromatic ring is 1. The van der Waals surface area contributed by atoms with E-state index in [2.05, 4.69) is 0 Å². The van der Waals surface area contributed by atoms with E-state index in [1.165, 1.54) is 25.3 Å². The van der Waals surface area contributed by atoms with Crippen LogP contribution >= 0.6 is 0 Å². The third-order valence-electron chi connectivity index (χ3n) is 3.47. The molecule has 1 aromatic carbocycles. The van der Waals surface area contributed by atoms with Crippen molar-refractivity contribution >= 4 is 34.6 Å². The van der Waals surface area contributed by atoms with Crippen LogP contribution in [0.1, 0.15) is 48.5 Å². The maximum atomic E-state index is 12.7. The molecule has 0 fully saturated rings. The minimum atomic E-state index is -0.777. The molecule has 0 unspecified atom stereocenters. The quantitative estimate of drug-likeness (QED) is 0.660. The largest absolute Gasteiger partial charge is 0.465 e. The van der Waals surface area contributed by atoms with Gasteiger partial charge in [-0.1, -0.05) is 0 Å². The molecule has 0 aliphatic carbocycles. The Bertz CT molecular complexity index is 876. The van der Waals surface area contributed by atoms with Gasteiger partial charge in [0.05, 0.1) is 30.5 Å². The molecular formula is C18H22N2O6. The third-order valence-corrected chi connectivity index (χ3v) is 3.47. The lowest BCUT2D eigenvalue weighted by atomic mass is 10.1. The summed E-state index contributed by atoms with van der Waals surface area (Å²) in [6, 6.07) is 4.44. The van der Waals surface area contributed by atoms with E-state index in [0.29, 0.717) is 10.9 Å². The van der Waals surface area contributed by atoms with Gasteiger partial charge in [-0.15, -0.1) is 0 Å². The van der Waals surface area contributed by atoms with Gasteiger partial charge in [0.25, 0.3) is 0 Å². The predicted molar refractivity (Wildman–Crippen MR) is 95.3 cm³/mol. The van der Waals surface area contributed by atoms with Gasteiger partial charge in [-0.2, -0.15) is 0 Å². The second kappa shape index (κ2) is 7.07. The fourth-order valence-corrected chi connectivity index (χ4v) is 2.46. The first-order chi connectivity index (χ1) is 12.1. The molecule has 0 atom stereocenters. The molecular weight excluding hydrogens is 340 g/mol. The van der Waals surface area contributed by atoms with Crippen molar-refractivity contribution in [2.24, 2.45) is 0 Å². The Morgan fingerprint density at radius 3 is 2.35 bits per heavy atom. The zero-order valence-corrected chi connectivity index (χ0v) is 15.4. The van der Waals surface area contributed by atoms with Crippen LogP contribution in [0.15, 0.2) is 18.2 Å². The topological polar surface area (TPSA) is 110 Å². The average Bonchev–Trinajstić information content (AvgIpc) is 2.85. The first-order valence-corrected chi connectivity index (χ1v) is 8.03. The molecule has 0 radical (unpaired) electrons. The van der Waals surface area contributed by atoms with Gasteiger partial charge in [0.1, 0.15) is 5.60 Å². The lowest BCUT2D eigenvalue weighted by Crippen LogP contribution is -2.29. The summed E-state index contributed by atoms with van der Waals surface area (Å²) in [6.45, 7) is 6.88. The van der Waals surface area contributed by atoms with E-state index in [1.807, 2.05) is 0 Å². The summed E-state index contributed by atoms with van der Waals surface area (Å²) in [6.07, 6.45) is -0.770. The van der Waals surface area contributed by atoms with Gasteiger partial charge < -0.3 is 19.9 Å². The Morgan fingerprint density at radius 2 is 1.81 bits per heavy atom. The summed E-state index contributed by atoms with van der Waals surface area (Å²) in [5.41, 5.74) is 5.77. The SMILES string of the molecule is CCOC(=O)c1c(N)c2cc(C(=O)OC)ccc2n1C(=O)OC(C)(C)C. The molecule has 0 amide bonds. The predicted octanol–water partition coefficient (Wildman–Crippen LogP) is 2.97. The van der Waals surface area contributed by atoms with Crippen LogP contribution < -0.4 is 5.73 Å². The van der Waals surface area contributed by atoms with E-state index < -0.39 is 23.6 Å². The summed E-state index contributed by atoms with van der Waals surface area (Å²) in [5, 5.41) is 0.349. The Morgan fingerprint density at radius 1 is 1.15 bits per heavy atom. The highest BCUT2D eigenvalue weighted by atomic mass is 16.6. The smallest absolute Gasteiger partial charge is 0.419 e. The summed E-state index contributed by atoms with van der Waals surface area (Å²) in [4.78, 5) is 36.8. The molecule has 2 rings (SSSR count). The van der Waals surface area contributed by atoms with E-state index in [0.717, 1.165) is 4.57 Å². The molecule has 26 heavy (non-hydrogen) atoms. The second-order valence-corrected chi connectivity index (χ2v) is 6.52. The number of nitrogens with two attached hydrogens (primary N) is 1. The van der Waals surface area contributed by atoms with Crippen molar-refractivity contribution < 1.29 is 28.6 Å². The fourth-order valence-electron chi connectivity index (χ4n) is 2.46. The molecule has 0 spiro atoms. The van der Waals surface area contributed by atoms with Crippen LogP contribution in [0, 0.1) is 0 Å². The van der Waals surface area contributed by atoms with E-state index >= 15 is 0 Å². The van der Waals surface area contributed by atoms with Crippen molar-refractivity contribution in [1.29, 1.82) is 0 Å². The number of methoxy groups -OCH3 is 1. The molecule has 2 aromatic rings. The number of carbonyl (C=O) groups excluding carboxylic acids is 3. The van der Waals surface area contributed by atoms with Crippen LogP contribution in [0.5, 0.6) is 0 Å². The van der Waals surface area contributed by atoms with Crippen molar-refractivity contribution in [2.45, 2.75) is 33.3 Å². The second-order valence-electron chi connectivity index (χ2n) is 6.52. The van der Waals surface area contributed by atoms with Gasteiger partial charge in [0.15, 0.2) is 5.69 Å². The Balaban J connectivity index is 2.73. The number of nitrogens with zero attached hydrogens (tertiary/aromatic N) is 1. The van der Waals surface area contributed by atoms with Crippen LogP contribution in [-0.4, -0.2) is 41.9 Å². The first-order valence-electron chi connectivity index (χ1n) is 8.03. The van der Waals surface area contributed by atoms with E-state index in [4.69, 9.17) is 19.9 Å². The number of anilines is 1. The van der Waals surface area contributed by atoms with E-state index in [9.17, 15) is 14.4 Å². The lowest BCUT2D eigenvalue weighted by Gasteiger charge is -2.20. The molecule has 8 heteroatoms. The Hall–Kier alpha value is -3.03. The number of aromatic nitrogens is 1.